The summed E-state index contributed by atoms with van der Waals surface area (Å²) in [5, 5.41) is 1.16. The molecule has 2 aromatic rings. The van der Waals surface area contributed by atoms with Gasteiger partial charge in [0.05, 0.1) is 16.7 Å². The second-order valence-electron chi connectivity index (χ2n) is 5.85. The second-order valence-corrected chi connectivity index (χ2v) is 6.79. The van der Waals surface area contributed by atoms with Gasteiger partial charge in [0.1, 0.15) is 0 Å². The molecular formula is C18H21N3O2S. The number of allylic oxidation sites excluding steroid dienone is 1. The van der Waals surface area contributed by atoms with E-state index in [-0.39, 0.29) is 11.5 Å². The summed E-state index contributed by atoms with van der Waals surface area (Å²) in [5.41, 5.74) is 0.573. The smallest absolute Gasteiger partial charge is 0.262 e. The van der Waals surface area contributed by atoms with Crippen molar-refractivity contribution in [2.45, 2.75) is 31.0 Å². The minimum Gasteiger partial charge on any atom is -0.342 e. The van der Waals surface area contributed by atoms with Crippen molar-refractivity contribution in [3.63, 3.8) is 0 Å². The molecule has 3 rings (SSSR count). The van der Waals surface area contributed by atoms with Gasteiger partial charge in [-0.3, -0.25) is 14.2 Å². The number of carbonyl (C=O) groups excluding carboxylic acids is 1. The number of benzene rings is 1. The molecule has 0 bridgehead atoms. The molecule has 1 aliphatic rings. The Kier molecular flexibility index (Phi) is 5.35. The number of piperidine rings is 1. The Balaban J connectivity index is 1.84. The van der Waals surface area contributed by atoms with Gasteiger partial charge in [0.25, 0.3) is 5.56 Å². The van der Waals surface area contributed by atoms with Crippen LogP contribution >= 0.6 is 11.8 Å². The highest BCUT2D eigenvalue weighted by Crippen LogP contribution is 2.19. The highest BCUT2D eigenvalue weighted by molar-refractivity contribution is 7.99. The summed E-state index contributed by atoms with van der Waals surface area (Å²) in [6.07, 6.45) is 5.02. The number of nitrogens with zero attached hydrogens (tertiary/aromatic N) is 3. The fourth-order valence-electron chi connectivity index (χ4n) is 2.91. The highest BCUT2D eigenvalue weighted by atomic mass is 32.2. The van der Waals surface area contributed by atoms with Gasteiger partial charge in [0.15, 0.2) is 5.16 Å². The summed E-state index contributed by atoms with van der Waals surface area (Å²) < 4.78 is 1.59. The summed E-state index contributed by atoms with van der Waals surface area (Å²) >= 11 is 1.33. The van der Waals surface area contributed by atoms with Crippen molar-refractivity contribution in [3.8, 4) is 0 Å². The lowest BCUT2D eigenvalue weighted by Crippen LogP contribution is -2.37. The third-order valence-corrected chi connectivity index (χ3v) is 5.13. The first-order valence-corrected chi connectivity index (χ1v) is 9.20. The molecule has 1 amide bonds. The van der Waals surface area contributed by atoms with Crippen molar-refractivity contribution >= 4 is 28.6 Å². The van der Waals surface area contributed by atoms with E-state index in [2.05, 4.69) is 11.6 Å². The normalized spacial score (nSPS) is 14.8. The van der Waals surface area contributed by atoms with Gasteiger partial charge in [0.2, 0.25) is 5.91 Å². The van der Waals surface area contributed by atoms with Gasteiger partial charge >= 0.3 is 0 Å². The van der Waals surface area contributed by atoms with Crippen LogP contribution in [0.25, 0.3) is 10.9 Å². The van der Waals surface area contributed by atoms with Crippen LogP contribution in [0.2, 0.25) is 0 Å². The van der Waals surface area contributed by atoms with E-state index in [1.807, 2.05) is 23.1 Å². The first-order valence-electron chi connectivity index (χ1n) is 8.22. The number of thioether (sulfide) groups is 1. The van der Waals surface area contributed by atoms with Gasteiger partial charge in [-0.05, 0) is 31.4 Å². The molecule has 0 aliphatic carbocycles. The van der Waals surface area contributed by atoms with Gasteiger partial charge < -0.3 is 4.90 Å². The first kappa shape index (κ1) is 16.8. The fraction of sp³-hybridized carbons (Fsp3) is 0.389. The quantitative estimate of drug-likeness (QED) is 0.476. The van der Waals surface area contributed by atoms with E-state index < -0.39 is 0 Å². The van der Waals surface area contributed by atoms with Crippen LogP contribution in [0, 0.1) is 0 Å². The molecular weight excluding hydrogens is 322 g/mol. The Morgan fingerprint density at radius 2 is 2.00 bits per heavy atom. The molecule has 1 aromatic carbocycles. The van der Waals surface area contributed by atoms with Gasteiger partial charge in [-0.15, -0.1) is 6.58 Å². The lowest BCUT2D eigenvalue weighted by molar-refractivity contribution is -0.129. The Hall–Kier alpha value is -2.08. The van der Waals surface area contributed by atoms with E-state index in [1.165, 1.54) is 18.2 Å². The van der Waals surface area contributed by atoms with E-state index in [9.17, 15) is 9.59 Å². The van der Waals surface area contributed by atoms with Crippen LogP contribution in [0.15, 0.2) is 46.9 Å². The van der Waals surface area contributed by atoms with E-state index >= 15 is 0 Å². The third-order valence-electron chi connectivity index (χ3n) is 4.17. The van der Waals surface area contributed by atoms with E-state index in [0.29, 0.717) is 28.4 Å². The van der Waals surface area contributed by atoms with Crippen LogP contribution in [-0.4, -0.2) is 39.2 Å². The molecule has 5 nitrogen and oxygen atoms in total. The zero-order valence-electron chi connectivity index (χ0n) is 13.6. The molecule has 1 aromatic heterocycles. The molecule has 1 saturated heterocycles. The van der Waals surface area contributed by atoms with Crippen molar-refractivity contribution < 1.29 is 4.79 Å². The number of hydrogen-bond acceptors (Lipinski definition) is 4. The molecule has 6 heteroatoms. The van der Waals surface area contributed by atoms with Crippen LogP contribution in [0.4, 0.5) is 0 Å². The summed E-state index contributed by atoms with van der Waals surface area (Å²) in [6, 6.07) is 7.29. The third kappa shape index (κ3) is 3.53. The van der Waals surface area contributed by atoms with Crippen molar-refractivity contribution in [3.05, 3.63) is 47.3 Å². The topological polar surface area (TPSA) is 55.2 Å². The monoisotopic (exact) mass is 343 g/mol. The van der Waals surface area contributed by atoms with E-state index in [0.717, 1.165) is 25.9 Å². The van der Waals surface area contributed by atoms with Gasteiger partial charge in [-0.25, -0.2) is 4.98 Å². The van der Waals surface area contributed by atoms with Crippen LogP contribution in [0.3, 0.4) is 0 Å². The number of para-hydroxylation sites is 1. The van der Waals surface area contributed by atoms with Crippen LogP contribution in [0.1, 0.15) is 19.3 Å². The second kappa shape index (κ2) is 7.66. The Morgan fingerprint density at radius 1 is 1.25 bits per heavy atom. The number of carbonyl (C=O) groups is 1. The predicted octanol–water partition coefficient (Wildman–Crippen LogP) is 2.69. The standard InChI is InChI=1S/C18H21N3O2S/c1-2-10-21-17(23)14-8-4-5-9-15(14)19-18(21)24-13-16(22)20-11-6-3-7-12-20/h2,4-5,8-9H,1,3,6-7,10-13H2. The van der Waals surface area contributed by atoms with Crippen molar-refractivity contribution in [2.24, 2.45) is 0 Å². The average Bonchev–Trinajstić information content (AvgIpc) is 2.63. The van der Waals surface area contributed by atoms with Crippen molar-refractivity contribution in [1.29, 1.82) is 0 Å². The Labute approximate surface area is 145 Å². The molecule has 126 valence electrons. The number of likely N-dealkylation sites (tertiary alicyclic amines) is 1. The summed E-state index contributed by atoms with van der Waals surface area (Å²) in [6.45, 7) is 5.78. The molecule has 1 aliphatic heterocycles. The van der Waals surface area contributed by atoms with Gasteiger partial charge in [-0.1, -0.05) is 30.0 Å². The maximum Gasteiger partial charge on any atom is 0.262 e. The van der Waals surface area contributed by atoms with Crippen LogP contribution in [-0.2, 0) is 11.3 Å². The zero-order chi connectivity index (χ0) is 16.9. The molecule has 0 unspecified atom stereocenters. The SMILES string of the molecule is C=CCn1c(SCC(=O)N2CCCCC2)nc2ccccc2c1=O. The van der Waals surface area contributed by atoms with Gasteiger partial charge in [0, 0.05) is 19.6 Å². The van der Waals surface area contributed by atoms with Crippen LogP contribution < -0.4 is 5.56 Å². The van der Waals surface area contributed by atoms with Crippen molar-refractivity contribution in [2.75, 3.05) is 18.8 Å². The molecule has 0 radical (unpaired) electrons. The number of rotatable bonds is 5. The lowest BCUT2D eigenvalue weighted by Gasteiger charge is -2.26. The predicted molar refractivity (Wildman–Crippen MR) is 97.4 cm³/mol. The summed E-state index contributed by atoms with van der Waals surface area (Å²) in [5.74, 6) is 0.425. The number of fused-ring (bicyclic) bond motifs is 1. The zero-order valence-corrected chi connectivity index (χ0v) is 14.4. The molecule has 0 spiro atoms. The molecule has 24 heavy (non-hydrogen) atoms. The number of hydrogen-bond donors (Lipinski definition) is 0. The molecule has 0 atom stereocenters. The minimum atomic E-state index is -0.0894. The Morgan fingerprint density at radius 3 is 2.75 bits per heavy atom. The molecule has 1 fully saturated rings. The van der Waals surface area contributed by atoms with Gasteiger partial charge in [-0.2, -0.15) is 0 Å². The summed E-state index contributed by atoms with van der Waals surface area (Å²) in [7, 11) is 0. The Bertz CT molecular complexity index is 810. The van der Waals surface area contributed by atoms with E-state index in [4.69, 9.17) is 0 Å². The largest absolute Gasteiger partial charge is 0.342 e. The first-order chi connectivity index (χ1) is 11.7. The van der Waals surface area contributed by atoms with Crippen molar-refractivity contribution in [1.82, 2.24) is 14.5 Å². The van der Waals surface area contributed by atoms with E-state index in [1.54, 1.807) is 16.7 Å². The minimum absolute atomic E-state index is 0.0894. The molecule has 0 N–H and O–H groups in total. The molecule has 2 heterocycles. The highest BCUT2D eigenvalue weighted by Gasteiger charge is 2.18. The van der Waals surface area contributed by atoms with Crippen LogP contribution in [0.5, 0.6) is 0 Å². The maximum atomic E-state index is 12.7. The fourth-order valence-corrected chi connectivity index (χ4v) is 3.82. The average molecular weight is 343 g/mol. The number of amides is 1. The lowest BCUT2D eigenvalue weighted by atomic mass is 10.1. The maximum absolute atomic E-state index is 12.7. The number of aromatic nitrogens is 2. The summed E-state index contributed by atoms with van der Waals surface area (Å²) in [4.78, 5) is 31.5. The molecule has 0 saturated carbocycles.